The lowest BCUT2D eigenvalue weighted by atomic mass is 9.95. The normalized spacial score (nSPS) is 25.4. The van der Waals surface area contributed by atoms with Crippen LogP contribution in [0.15, 0.2) is 36.4 Å². The molecule has 4 rings (SSSR count). The molecule has 1 aromatic carbocycles. The van der Waals surface area contributed by atoms with Crippen molar-refractivity contribution in [3.05, 3.63) is 47.7 Å². The average Bonchev–Trinajstić information content (AvgIpc) is 3.25. The molecule has 1 aromatic heterocycles. The summed E-state index contributed by atoms with van der Waals surface area (Å²) in [5.41, 5.74) is 8.60. The number of aromatic nitrogens is 2. The molecule has 27 heavy (non-hydrogen) atoms. The number of anilines is 1. The number of likely N-dealkylation sites (tertiary alicyclic amines) is 1. The zero-order valence-corrected chi connectivity index (χ0v) is 17.2. The van der Waals surface area contributed by atoms with Gasteiger partial charge in [0, 0.05) is 44.7 Å². The summed E-state index contributed by atoms with van der Waals surface area (Å²) >= 11 is 0. The molecule has 3 heterocycles. The maximum absolute atomic E-state index is 13.0. The van der Waals surface area contributed by atoms with Gasteiger partial charge in [-0.1, -0.05) is 30.3 Å². The first kappa shape index (κ1) is 21.7. The van der Waals surface area contributed by atoms with Crippen LogP contribution < -0.4 is 10.6 Å². The Morgan fingerprint density at radius 1 is 1.15 bits per heavy atom. The molecule has 3 atom stereocenters. The van der Waals surface area contributed by atoms with Gasteiger partial charge in [-0.05, 0) is 18.9 Å². The Morgan fingerprint density at radius 2 is 1.85 bits per heavy atom. The van der Waals surface area contributed by atoms with Gasteiger partial charge in [-0.15, -0.1) is 24.8 Å². The molecule has 0 bridgehead atoms. The van der Waals surface area contributed by atoms with E-state index >= 15 is 0 Å². The Bertz CT molecular complexity index is 782. The van der Waals surface area contributed by atoms with Gasteiger partial charge >= 0.3 is 0 Å². The number of hydrogen-bond donors (Lipinski definition) is 1. The summed E-state index contributed by atoms with van der Waals surface area (Å²) in [5, 5.41) is 4.37. The Morgan fingerprint density at radius 3 is 2.48 bits per heavy atom. The fourth-order valence-electron chi connectivity index (χ4n) is 4.25. The highest BCUT2D eigenvalue weighted by Gasteiger charge is 2.42. The Kier molecular flexibility index (Phi) is 6.92. The number of nitrogens with zero attached hydrogens (tertiary/aromatic N) is 4. The topological polar surface area (TPSA) is 67.4 Å². The third-order valence-corrected chi connectivity index (χ3v) is 5.49. The second kappa shape index (κ2) is 8.61. The van der Waals surface area contributed by atoms with Crippen LogP contribution in [0.4, 0.5) is 5.82 Å². The van der Waals surface area contributed by atoms with Crippen LogP contribution in [-0.4, -0.2) is 52.3 Å². The van der Waals surface area contributed by atoms with E-state index in [1.807, 2.05) is 31.0 Å². The zero-order chi connectivity index (χ0) is 17.6. The molecular formula is C19H27Cl2N5O. The Balaban J connectivity index is 0.00000131. The molecule has 2 aromatic rings. The Labute approximate surface area is 172 Å². The van der Waals surface area contributed by atoms with E-state index in [4.69, 9.17) is 5.73 Å². The fourth-order valence-corrected chi connectivity index (χ4v) is 4.25. The number of carbonyl (C=O) groups is 1. The molecule has 1 amide bonds. The van der Waals surface area contributed by atoms with Crippen LogP contribution in [0.3, 0.4) is 0 Å². The minimum absolute atomic E-state index is 0. The van der Waals surface area contributed by atoms with Crippen molar-refractivity contribution in [3.8, 4) is 0 Å². The predicted octanol–water partition coefficient (Wildman–Crippen LogP) is 2.10. The van der Waals surface area contributed by atoms with Crippen LogP contribution in [0.25, 0.3) is 0 Å². The number of rotatable bonds is 3. The molecule has 2 aliphatic heterocycles. The van der Waals surface area contributed by atoms with Gasteiger partial charge < -0.3 is 5.73 Å². The third-order valence-electron chi connectivity index (χ3n) is 5.49. The SMILES string of the molecule is Cc1cc(N2CCC(N3C[C@@H](N)[C@H](c4ccccc4)C3)C2=O)n(C)n1.Cl.Cl. The van der Waals surface area contributed by atoms with Crippen molar-refractivity contribution in [2.45, 2.75) is 31.3 Å². The van der Waals surface area contributed by atoms with E-state index in [9.17, 15) is 4.79 Å². The van der Waals surface area contributed by atoms with E-state index in [-0.39, 0.29) is 42.8 Å². The molecule has 0 radical (unpaired) electrons. The number of amides is 1. The molecule has 2 N–H and O–H groups in total. The van der Waals surface area contributed by atoms with Crippen molar-refractivity contribution in [2.75, 3.05) is 24.5 Å². The number of hydrogen-bond acceptors (Lipinski definition) is 4. The monoisotopic (exact) mass is 411 g/mol. The van der Waals surface area contributed by atoms with Gasteiger partial charge in [0.1, 0.15) is 5.82 Å². The van der Waals surface area contributed by atoms with Gasteiger partial charge in [-0.2, -0.15) is 5.10 Å². The Hall–Kier alpha value is -1.60. The predicted molar refractivity (Wildman–Crippen MR) is 112 cm³/mol. The molecule has 2 fully saturated rings. The summed E-state index contributed by atoms with van der Waals surface area (Å²) in [6.45, 7) is 4.31. The first-order chi connectivity index (χ1) is 12.0. The van der Waals surface area contributed by atoms with Gasteiger partial charge in [0.05, 0.1) is 11.7 Å². The van der Waals surface area contributed by atoms with E-state index in [0.717, 1.165) is 37.6 Å². The van der Waals surface area contributed by atoms with Crippen LogP contribution in [0.1, 0.15) is 23.6 Å². The lowest BCUT2D eigenvalue weighted by molar-refractivity contribution is -0.121. The summed E-state index contributed by atoms with van der Waals surface area (Å²) in [6, 6.07) is 12.4. The highest BCUT2D eigenvalue weighted by atomic mass is 35.5. The molecule has 8 heteroatoms. The van der Waals surface area contributed by atoms with Crippen molar-refractivity contribution in [1.29, 1.82) is 0 Å². The molecule has 0 aliphatic carbocycles. The average molecular weight is 412 g/mol. The molecule has 148 valence electrons. The maximum atomic E-state index is 13.0. The minimum atomic E-state index is -0.0741. The smallest absolute Gasteiger partial charge is 0.245 e. The summed E-state index contributed by atoms with van der Waals surface area (Å²) < 4.78 is 1.79. The second-order valence-corrected chi connectivity index (χ2v) is 7.20. The van der Waals surface area contributed by atoms with Crippen molar-refractivity contribution in [3.63, 3.8) is 0 Å². The largest absolute Gasteiger partial charge is 0.326 e. The molecule has 0 spiro atoms. The number of halogens is 2. The second-order valence-electron chi connectivity index (χ2n) is 7.20. The molecular weight excluding hydrogens is 385 g/mol. The van der Waals surface area contributed by atoms with Gasteiger partial charge in [-0.3, -0.25) is 19.3 Å². The lowest BCUT2D eigenvalue weighted by Crippen LogP contribution is -2.42. The molecule has 1 unspecified atom stereocenters. The van der Waals surface area contributed by atoms with Gasteiger partial charge in [-0.25, -0.2) is 0 Å². The van der Waals surface area contributed by atoms with E-state index < -0.39 is 0 Å². The summed E-state index contributed by atoms with van der Waals surface area (Å²) in [5.74, 6) is 1.35. The molecule has 6 nitrogen and oxygen atoms in total. The first-order valence-corrected chi connectivity index (χ1v) is 8.91. The van der Waals surface area contributed by atoms with Crippen molar-refractivity contribution in [2.24, 2.45) is 12.8 Å². The standard InChI is InChI=1S/C19H25N5O.2ClH/c1-13-10-18(22(2)21-13)24-9-8-17(19(24)25)23-11-15(16(20)12-23)14-6-4-3-5-7-14;;/h3-7,10,15-17H,8-9,11-12,20H2,1-2H3;2*1H/t15-,16+,17?;;/m0../s1. The van der Waals surface area contributed by atoms with Crippen LogP contribution in [0.5, 0.6) is 0 Å². The van der Waals surface area contributed by atoms with Gasteiger partial charge in [0.25, 0.3) is 0 Å². The maximum Gasteiger partial charge on any atom is 0.245 e. The van der Waals surface area contributed by atoms with Gasteiger partial charge in [0.2, 0.25) is 5.91 Å². The van der Waals surface area contributed by atoms with Crippen molar-refractivity contribution >= 4 is 36.5 Å². The van der Waals surface area contributed by atoms with Crippen molar-refractivity contribution < 1.29 is 4.79 Å². The summed E-state index contributed by atoms with van der Waals surface area (Å²) in [4.78, 5) is 17.1. The summed E-state index contributed by atoms with van der Waals surface area (Å²) in [7, 11) is 1.89. The fraction of sp³-hybridized carbons (Fsp3) is 0.474. The first-order valence-electron chi connectivity index (χ1n) is 8.91. The van der Waals surface area contributed by atoms with Crippen LogP contribution >= 0.6 is 24.8 Å². The van der Waals surface area contributed by atoms with E-state index in [2.05, 4.69) is 34.3 Å². The molecule has 2 aliphatic rings. The quantitative estimate of drug-likeness (QED) is 0.839. The number of carbonyl (C=O) groups excluding carboxylic acids is 1. The molecule has 0 saturated carbocycles. The van der Waals surface area contributed by atoms with Crippen LogP contribution in [-0.2, 0) is 11.8 Å². The van der Waals surface area contributed by atoms with Crippen LogP contribution in [0.2, 0.25) is 0 Å². The number of nitrogens with two attached hydrogens (primary N) is 1. The van der Waals surface area contributed by atoms with Crippen molar-refractivity contribution in [1.82, 2.24) is 14.7 Å². The zero-order valence-electron chi connectivity index (χ0n) is 15.6. The van der Waals surface area contributed by atoms with E-state index in [1.165, 1.54) is 5.56 Å². The number of aryl methyl sites for hydroxylation is 2. The van der Waals surface area contributed by atoms with Crippen LogP contribution in [0, 0.1) is 6.92 Å². The lowest BCUT2D eigenvalue weighted by Gasteiger charge is -2.23. The highest BCUT2D eigenvalue weighted by molar-refractivity contribution is 5.98. The van der Waals surface area contributed by atoms with E-state index in [1.54, 1.807) is 4.68 Å². The minimum Gasteiger partial charge on any atom is -0.326 e. The third kappa shape index (κ3) is 3.99. The van der Waals surface area contributed by atoms with Gasteiger partial charge in [0.15, 0.2) is 0 Å². The molecule has 2 saturated heterocycles. The highest BCUT2D eigenvalue weighted by Crippen LogP contribution is 2.32. The summed E-state index contributed by atoms with van der Waals surface area (Å²) in [6.07, 6.45) is 0.845. The van der Waals surface area contributed by atoms with E-state index in [0.29, 0.717) is 5.92 Å². The number of benzene rings is 1.